The summed E-state index contributed by atoms with van der Waals surface area (Å²) in [7, 11) is 0. The van der Waals surface area contributed by atoms with Crippen LogP contribution in [0.4, 0.5) is 0 Å². The molecular formula is C98H62N6. The highest BCUT2D eigenvalue weighted by atomic mass is 14.8. The van der Waals surface area contributed by atoms with Crippen LogP contribution in [0.15, 0.2) is 376 Å². The number of hydrogen-bond acceptors (Lipinski definition) is 6. The third-order valence-electron chi connectivity index (χ3n) is 20.2. The Morgan fingerprint density at radius 3 is 1.05 bits per heavy atom. The maximum absolute atomic E-state index is 5.29. The molecule has 0 bridgehead atoms. The zero-order valence-electron chi connectivity index (χ0n) is 56.5. The van der Waals surface area contributed by atoms with E-state index in [0.717, 1.165) is 144 Å². The van der Waals surface area contributed by atoms with Crippen molar-refractivity contribution < 1.29 is 0 Å². The van der Waals surface area contributed by atoms with Gasteiger partial charge in [0.2, 0.25) is 0 Å². The molecule has 0 unspecified atom stereocenters. The fourth-order valence-corrected chi connectivity index (χ4v) is 15.1. The van der Waals surface area contributed by atoms with Crippen LogP contribution in [0.3, 0.4) is 0 Å². The zero-order chi connectivity index (χ0) is 68.9. The predicted octanol–water partition coefficient (Wildman–Crippen LogP) is 25.6. The summed E-state index contributed by atoms with van der Waals surface area (Å²) in [6, 6.07) is 129. The van der Waals surface area contributed by atoms with E-state index in [9.17, 15) is 0 Å². The minimum Gasteiger partial charge on any atom is -0.254 e. The van der Waals surface area contributed by atoms with Crippen LogP contribution >= 0.6 is 0 Å². The van der Waals surface area contributed by atoms with E-state index in [0.29, 0.717) is 0 Å². The van der Waals surface area contributed by atoms with E-state index in [2.05, 4.69) is 350 Å². The molecule has 6 nitrogen and oxygen atoms in total. The van der Waals surface area contributed by atoms with E-state index in [1.807, 2.05) is 36.7 Å². The third kappa shape index (κ3) is 11.4. The minimum absolute atomic E-state index is 0.897. The molecule has 484 valence electrons. The second kappa shape index (κ2) is 26.3. The van der Waals surface area contributed by atoms with Crippen molar-refractivity contribution in [2.45, 2.75) is 0 Å². The summed E-state index contributed by atoms with van der Waals surface area (Å²) in [4.78, 5) is 30.3. The van der Waals surface area contributed by atoms with Crippen molar-refractivity contribution in [1.29, 1.82) is 0 Å². The molecule has 0 atom stereocenters. The Morgan fingerprint density at radius 2 is 0.529 bits per heavy atom. The lowest BCUT2D eigenvalue weighted by atomic mass is 9.93. The van der Waals surface area contributed by atoms with Crippen LogP contribution < -0.4 is 0 Å². The van der Waals surface area contributed by atoms with Gasteiger partial charge in [-0.25, -0.2) is 19.9 Å². The molecule has 0 saturated heterocycles. The van der Waals surface area contributed by atoms with Gasteiger partial charge >= 0.3 is 0 Å². The van der Waals surface area contributed by atoms with Crippen molar-refractivity contribution in [3.8, 4) is 112 Å². The largest absolute Gasteiger partial charge is 0.254 e. The average molecular weight is 1320 g/mol. The first kappa shape index (κ1) is 61.2. The van der Waals surface area contributed by atoms with E-state index >= 15 is 0 Å². The number of benzene rings is 14. The van der Waals surface area contributed by atoms with Crippen molar-refractivity contribution in [3.05, 3.63) is 376 Å². The maximum atomic E-state index is 5.29. The molecule has 0 N–H and O–H groups in total. The number of pyridine rings is 6. The molecule has 0 amide bonds. The van der Waals surface area contributed by atoms with Gasteiger partial charge in [0.05, 0.1) is 55.9 Å². The molecule has 20 aromatic rings. The van der Waals surface area contributed by atoms with Gasteiger partial charge in [0.1, 0.15) is 0 Å². The summed E-state index contributed by atoms with van der Waals surface area (Å²) >= 11 is 0. The van der Waals surface area contributed by atoms with E-state index in [1.165, 1.54) is 54.6 Å². The summed E-state index contributed by atoms with van der Waals surface area (Å²) in [5.74, 6) is 0. The van der Waals surface area contributed by atoms with Crippen LogP contribution in [-0.2, 0) is 0 Å². The lowest BCUT2D eigenvalue weighted by Crippen LogP contribution is -1.93. The highest BCUT2D eigenvalue weighted by molar-refractivity contribution is 6.16. The highest BCUT2D eigenvalue weighted by Crippen LogP contribution is 2.43. The summed E-state index contributed by atoms with van der Waals surface area (Å²) in [6.45, 7) is 0. The molecule has 6 heterocycles. The Hall–Kier alpha value is -13.9. The van der Waals surface area contributed by atoms with Gasteiger partial charge in [0.15, 0.2) is 0 Å². The van der Waals surface area contributed by atoms with E-state index in [4.69, 9.17) is 19.9 Å². The first-order chi connectivity index (χ1) is 51.5. The molecule has 0 fully saturated rings. The first-order valence-electron chi connectivity index (χ1n) is 35.2. The third-order valence-corrected chi connectivity index (χ3v) is 20.2. The Labute approximate surface area is 601 Å². The van der Waals surface area contributed by atoms with Crippen molar-refractivity contribution in [2.24, 2.45) is 0 Å². The van der Waals surface area contributed by atoms with E-state index < -0.39 is 0 Å². The molecule has 0 aliphatic rings. The molecule has 20 rings (SSSR count). The Balaban J connectivity index is 0.000000147. The van der Waals surface area contributed by atoms with Crippen molar-refractivity contribution >= 4 is 87.0 Å². The quantitative estimate of drug-likeness (QED) is 0.127. The summed E-state index contributed by atoms with van der Waals surface area (Å²) in [5.41, 5.74) is 27.7. The number of hydrogen-bond donors (Lipinski definition) is 0. The van der Waals surface area contributed by atoms with Gasteiger partial charge in [-0.05, 0) is 167 Å². The number of nitrogens with zero attached hydrogens (tertiary/aromatic N) is 6. The lowest BCUT2D eigenvalue weighted by molar-refractivity contribution is 1.36. The Bertz CT molecular complexity index is 6680. The molecule has 6 aromatic heterocycles. The standard InChI is InChI=1S/C55H35N3.C43H27N3/c1-4-13-37(14-5-1)48-35-52(56-51-31-27-38-15-10-11-22-45(38)53(48)51)43-21-12-20-42(33-43)36-23-25-39(26-24-36)47-34-44-28-30-49(40-16-6-2-7-17-40)57-54(44)55-46(47)29-32-50(58-55)41-18-8-3-9-19-41;1-2-9-29(10-3-1)38-27-40(46-39-22-21-30-11-4-5-15-35(30)41(38)39)33-13-6-12-32(25-33)28-17-19-31(20-18-28)37-26-34-14-7-23-44-42(34)43-36(37)16-8-24-45-43/h1-35H;1-27H. The minimum atomic E-state index is 0.897. The monoisotopic (exact) mass is 1320 g/mol. The zero-order valence-corrected chi connectivity index (χ0v) is 56.5. The van der Waals surface area contributed by atoms with Gasteiger partial charge in [-0.3, -0.25) is 9.97 Å². The first-order valence-corrected chi connectivity index (χ1v) is 35.2. The second-order valence-electron chi connectivity index (χ2n) is 26.4. The van der Waals surface area contributed by atoms with Gasteiger partial charge in [-0.15, -0.1) is 0 Å². The normalized spacial score (nSPS) is 11.5. The molecule has 0 saturated carbocycles. The average Bonchev–Trinajstić information content (AvgIpc) is 0.797. The van der Waals surface area contributed by atoms with Crippen LogP contribution in [0.5, 0.6) is 0 Å². The van der Waals surface area contributed by atoms with Gasteiger partial charge in [-0.1, -0.05) is 285 Å². The molecule has 0 aliphatic heterocycles. The van der Waals surface area contributed by atoms with Gasteiger partial charge in [-0.2, -0.15) is 0 Å². The van der Waals surface area contributed by atoms with E-state index in [-0.39, 0.29) is 0 Å². The molecule has 0 radical (unpaired) electrons. The van der Waals surface area contributed by atoms with Crippen LogP contribution in [0.25, 0.3) is 199 Å². The van der Waals surface area contributed by atoms with Gasteiger partial charge < -0.3 is 0 Å². The second-order valence-corrected chi connectivity index (χ2v) is 26.4. The van der Waals surface area contributed by atoms with Gasteiger partial charge in [0, 0.05) is 67.0 Å². The van der Waals surface area contributed by atoms with Crippen molar-refractivity contribution in [3.63, 3.8) is 0 Å². The number of rotatable bonds is 10. The SMILES string of the molecule is c1ccc(-c2cc(-c3cccc(-c4ccc(-c5cc6cccnc6c6ncccc56)cc4)c3)nc3ccc4ccccc4c23)cc1.c1ccc(-c2ccc3cc(-c4ccc(-c5cccc(-c6cc(-c7ccccc7)c7c(ccc8ccccc87)n6)c5)cc4)c4ccc(-c5ccccc5)nc4c3n2)cc1. The summed E-state index contributed by atoms with van der Waals surface area (Å²) < 4.78 is 0. The fraction of sp³-hybridized carbons (Fsp3) is 0. The Kier molecular flexibility index (Phi) is 15.5. The predicted molar refractivity (Wildman–Crippen MR) is 434 cm³/mol. The molecule has 104 heavy (non-hydrogen) atoms. The summed E-state index contributed by atoms with van der Waals surface area (Å²) in [5, 5.41) is 11.6. The number of aromatic nitrogens is 6. The molecular weight excluding hydrogens is 1260 g/mol. The topological polar surface area (TPSA) is 77.3 Å². The molecule has 6 heteroatoms. The van der Waals surface area contributed by atoms with Crippen LogP contribution in [0.1, 0.15) is 0 Å². The Morgan fingerprint density at radius 1 is 0.163 bits per heavy atom. The summed E-state index contributed by atoms with van der Waals surface area (Å²) in [6.07, 6.45) is 3.67. The van der Waals surface area contributed by atoms with Crippen molar-refractivity contribution in [2.75, 3.05) is 0 Å². The maximum Gasteiger partial charge on any atom is 0.0978 e. The van der Waals surface area contributed by atoms with Crippen LogP contribution in [0.2, 0.25) is 0 Å². The fourth-order valence-electron chi connectivity index (χ4n) is 15.1. The van der Waals surface area contributed by atoms with Crippen LogP contribution in [-0.4, -0.2) is 29.9 Å². The van der Waals surface area contributed by atoms with Crippen molar-refractivity contribution in [1.82, 2.24) is 29.9 Å². The molecule has 14 aromatic carbocycles. The molecule has 0 spiro atoms. The molecule has 0 aliphatic carbocycles. The highest BCUT2D eigenvalue weighted by Gasteiger charge is 2.19. The smallest absolute Gasteiger partial charge is 0.0978 e. The number of fused-ring (bicyclic) bond motifs is 12. The van der Waals surface area contributed by atoms with E-state index in [1.54, 1.807) is 0 Å². The van der Waals surface area contributed by atoms with Gasteiger partial charge in [0.25, 0.3) is 0 Å². The lowest BCUT2D eigenvalue weighted by Gasteiger charge is -2.14. The van der Waals surface area contributed by atoms with Crippen LogP contribution in [0, 0.1) is 0 Å².